The van der Waals surface area contributed by atoms with Crippen LogP contribution in [0.4, 0.5) is 5.69 Å². The van der Waals surface area contributed by atoms with Gasteiger partial charge < -0.3 is 19.9 Å². The molecule has 6 heteroatoms. The normalized spacial score (nSPS) is 26.1. The molecule has 160 valence electrons. The number of esters is 1. The van der Waals surface area contributed by atoms with Crippen LogP contribution in [0.3, 0.4) is 0 Å². The first-order valence-corrected chi connectivity index (χ1v) is 11.3. The number of ether oxygens (including phenoxy) is 1. The minimum atomic E-state index is -0.675. The molecule has 0 unspecified atom stereocenters. The van der Waals surface area contributed by atoms with E-state index in [1.54, 1.807) is 0 Å². The Morgan fingerprint density at radius 3 is 2.42 bits per heavy atom. The van der Waals surface area contributed by atoms with Crippen molar-refractivity contribution >= 4 is 17.6 Å². The largest absolute Gasteiger partial charge is 0.449 e. The highest BCUT2D eigenvalue weighted by molar-refractivity contribution is 5.96. The Bertz CT molecular complexity index is 1040. The average Bonchev–Trinajstić information content (AvgIpc) is 3.46. The van der Waals surface area contributed by atoms with Crippen molar-refractivity contribution in [3.63, 3.8) is 0 Å². The minimum Gasteiger partial charge on any atom is -0.449 e. The molecule has 1 saturated carbocycles. The predicted octanol–water partition coefficient (Wildman–Crippen LogP) is 2.43. The first-order valence-electron chi connectivity index (χ1n) is 11.3. The van der Waals surface area contributed by atoms with Crippen molar-refractivity contribution in [2.24, 2.45) is 0 Å². The topological polar surface area (TPSA) is 61.9 Å². The van der Waals surface area contributed by atoms with E-state index in [9.17, 15) is 9.59 Å². The maximum absolute atomic E-state index is 13.6. The lowest BCUT2D eigenvalue weighted by molar-refractivity contribution is -0.134. The van der Waals surface area contributed by atoms with E-state index in [4.69, 9.17) is 4.74 Å². The number of fused-ring (bicyclic) bond motifs is 2. The zero-order valence-electron chi connectivity index (χ0n) is 17.6. The van der Waals surface area contributed by atoms with Crippen LogP contribution in [0.25, 0.3) is 0 Å². The highest BCUT2D eigenvalue weighted by Crippen LogP contribution is 2.52. The molecule has 6 rings (SSSR count). The van der Waals surface area contributed by atoms with E-state index in [-0.39, 0.29) is 11.9 Å². The SMILES string of the molecule is O=C1O[C@]2(CCN(C(=O)C3(c4ccc(N5CCNCC5)cc4)CC3)C2)c2ccccc21. The molecule has 31 heavy (non-hydrogen) atoms. The van der Waals surface area contributed by atoms with Crippen LogP contribution in [0.1, 0.15) is 40.7 Å². The zero-order chi connectivity index (χ0) is 21.1. The summed E-state index contributed by atoms with van der Waals surface area (Å²) in [5.41, 5.74) is 2.83. The molecule has 1 N–H and O–H groups in total. The molecule has 2 saturated heterocycles. The van der Waals surface area contributed by atoms with Crippen molar-refractivity contribution in [2.75, 3.05) is 44.2 Å². The van der Waals surface area contributed by atoms with Crippen molar-refractivity contribution in [3.8, 4) is 0 Å². The molecule has 4 aliphatic rings. The second-order valence-electron chi connectivity index (χ2n) is 9.27. The standard InChI is InChI=1S/C25H27N3O3/c29-22-20-3-1-2-4-21(20)25(31-22)11-14-28(17-25)23(30)24(9-10-24)18-5-7-19(8-6-18)27-15-12-26-13-16-27/h1-8,26H,9-17H2/t25-/m0/s1. The fraction of sp³-hybridized carbons (Fsp3) is 0.440. The van der Waals surface area contributed by atoms with Gasteiger partial charge in [-0.1, -0.05) is 30.3 Å². The molecule has 1 spiro atoms. The minimum absolute atomic E-state index is 0.180. The quantitative estimate of drug-likeness (QED) is 0.778. The number of rotatable bonds is 3. The van der Waals surface area contributed by atoms with Gasteiger partial charge in [0.2, 0.25) is 5.91 Å². The summed E-state index contributed by atoms with van der Waals surface area (Å²) in [6.07, 6.45) is 2.44. The maximum Gasteiger partial charge on any atom is 0.339 e. The number of hydrogen-bond acceptors (Lipinski definition) is 5. The van der Waals surface area contributed by atoms with Gasteiger partial charge in [-0.2, -0.15) is 0 Å². The van der Waals surface area contributed by atoms with Gasteiger partial charge in [0.1, 0.15) is 0 Å². The summed E-state index contributed by atoms with van der Waals surface area (Å²) in [6.45, 7) is 5.12. The van der Waals surface area contributed by atoms with Crippen molar-refractivity contribution in [2.45, 2.75) is 30.3 Å². The van der Waals surface area contributed by atoms with Gasteiger partial charge in [-0.3, -0.25) is 4.79 Å². The van der Waals surface area contributed by atoms with Crippen LogP contribution in [0.15, 0.2) is 48.5 Å². The van der Waals surface area contributed by atoms with E-state index in [2.05, 4.69) is 34.5 Å². The van der Waals surface area contributed by atoms with E-state index in [0.717, 1.165) is 50.1 Å². The monoisotopic (exact) mass is 417 g/mol. The molecule has 0 radical (unpaired) electrons. The second-order valence-corrected chi connectivity index (χ2v) is 9.27. The number of likely N-dealkylation sites (tertiary alicyclic amines) is 1. The number of benzene rings is 2. The zero-order valence-corrected chi connectivity index (χ0v) is 17.6. The van der Waals surface area contributed by atoms with Gasteiger partial charge in [0.25, 0.3) is 0 Å². The fourth-order valence-corrected chi connectivity index (χ4v) is 5.57. The summed E-state index contributed by atoms with van der Waals surface area (Å²) in [7, 11) is 0. The number of nitrogens with one attached hydrogen (secondary N) is 1. The molecule has 0 aromatic heterocycles. The first-order chi connectivity index (χ1) is 15.1. The first kappa shape index (κ1) is 18.9. The van der Waals surface area contributed by atoms with Gasteiger partial charge in [0.15, 0.2) is 5.60 Å². The Kier molecular flexibility index (Phi) is 4.15. The molecule has 6 nitrogen and oxygen atoms in total. The molecule has 1 amide bonds. The van der Waals surface area contributed by atoms with E-state index in [1.165, 1.54) is 5.69 Å². The third-order valence-corrected chi connectivity index (χ3v) is 7.51. The number of hydrogen-bond donors (Lipinski definition) is 1. The van der Waals surface area contributed by atoms with Crippen molar-refractivity contribution < 1.29 is 14.3 Å². The lowest BCUT2D eigenvalue weighted by atomic mass is 9.91. The van der Waals surface area contributed by atoms with Crippen LogP contribution in [-0.4, -0.2) is 56.0 Å². The molecular formula is C25H27N3O3. The van der Waals surface area contributed by atoms with E-state index in [1.807, 2.05) is 29.2 Å². The van der Waals surface area contributed by atoms with Crippen LogP contribution in [0.2, 0.25) is 0 Å². The number of amides is 1. The molecule has 0 bridgehead atoms. The summed E-state index contributed by atoms with van der Waals surface area (Å²) in [5.74, 6) is -0.0886. The van der Waals surface area contributed by atoms with E-state index < -0.39 is 11.0 Å². The maximum atomic E-state index is 13.6. The van der Waals surface area contributed by atoms with Gasteiger partial charge >= 0.3 is 5.97 Å². The van der Waals surface area contributed by atoms with Crippen LogP contribution in [-0.2, 0) is 20.5 Å². The van der Waals surface area contributed by atoms with Crippen molar-refractivity contribution in [3.05, 3.63) is 65.2 Å². The van der Waals surface area contributed by atoms with Gasteiger partial charge in [0, 0.05) is 50.4 Å². The molecule has 3 aliphatic heterocycles. The Balaban J connectivity index is 1.21. The van der Waals surface area contributed by atoms with Crippen LogP contribution < -0.4 is 10.2 Å². The number of carbonyl (C=O) groups is 2. The summed E-state index contributed by atoms with van der Waals surface area (Å²) in [4.78, 5) is 30.3. The molecule has 1 atom stereocenters. The third kappa shape index (κ3) is 2.88. The van der Waals surface area contributed by atoms with Gasteiger partial charge in [-0.25, -0.2) is 4.79 Å². The van der Waals surface area contributed by atoms with Crippen LogP contribution in [0, 0.1) is 0 Å². The van der Waals surface area contributed by atoms with Crippen LogP contribution in [0.5, 0.6) is 0 Å². The van der Waals surface area contributed by atoms with Crippen LogP contribution >= 0.6 is 0 Å². The van der Waals surface area contributed by atoms with E-state index >= 15 is 0 Å². The molecule has 3 heterocycles. The Morgan fingerprint density at radius 2 is 1.68 bits per heavy atom. The van der Waals surface area contributed by atoms with Gasteiger partial charge in [0.05, 0.1) is 17.5 Å². The number of nitrogens with zero attached hydrogens (tertiary/aromatic N) is 2. The van der Waals surface area contributed by atoms with Gasteiger partial charge in [-0.15, -0.1) is 0 Å². The molecule has 1 aliphatic carbocycles. The Hall–Kier alpha value is -2.86. The smallest absolute Gasteiger partial charge is 0.339 e. The molecule has 3 fully saturated rings. The predicted molar refractivity (Wildman–Crippen MR) is 117 cm³/mol. The fourth-order valence-electron chi connectivity index (χ4n) is 5.57. The van der Waals surface area contributed by atoms with Gasteiger partial charge in [-0.05, 0) is 36.6 Å². The number of piperazine rings is 1. The third-order valence-electron chi connectivity index (χ3n) is 7.51. The highest BCUT2D eigenvalue weighted by atomic mass is 16.6. The van der Waals surface area contributed by atoms with E-state index in [0.29, 0.717) is 25.1 Å². The molecule has 2 aromatic carbocycles. The highest BCUT2D eigenvalue weighted by Gasteiger charge is 2.57. The van der Waals surface area contributed by atoms with Crippen molar-refractivity contribution in [1.29, 1.82) is 0 Å². The summed E-state index contributed by atoms with van der Waals surface area (Å²) < 4.78 is 5.84. The summed E-state index contributed by atoms with van der Waals surface area (Å²) in [6, 6.07) is 16.2. The number of carbonyl (C=O) groups excluding carboxylic acids is 2. The summed E-state index contributed by atoms with van der Waals surface area (Å²) >= 11 is 0. The summed E-state index contributed by atoms with van der Waals surface area (Å²) in [5, 5.41) is 3.38. The van der Waals surface area contributed by atoms with Crippen molar-refractivity contribution in [1.82, 2.24) is 10.2 Å². The molecule has 2 aromatic rings. The Morgan fingerprint density at radius 1 is 0.935 bits per heavy atom. The lowest BCUT2D eigenvalue weighted by Gasteiger charge is -2.30. The lowest BCUT2D eigenvalue weighted by Crippen LogP contribution is -2.43. The Labute approximate surface area is 182 Å². The molecular weight excluding hydrogens is 390 g/mol. The number of anilines is 1. The second kappa shape index (κ2) is 6.82. The average molecular weight is 418 g/mol.